The highest BCUT2D eigenvalue weighted by Gasteiger charge is 2.26. The third kappa shape index (κ3) is 6.10. The predicted molar refractivity (Wildman–Crippen MR) is 355 cm³/mol. The molecule has 8 heterocycles. The van der Waals surface area contributed by atoms with Crippen LogP contribution in [-0.2, 0) is 0 Å². The smallest absolute Gasteiger partial charge is 0.151 e. The normalized spacial score (nSPS) is 12.4. The van der Waals surface area contributed by atoms with Crippen molar-refractivity contribution in [3.8, 4) is 39.3 Å². The number of nitrogens with zero attached hydrogens (tertiary/aromatic N) is 7. The van der Waals surface area contributed by atoms with Crippen LogP contribution in [0.3, 0.4) is 0 Å². The maximum atomic E-state index is 6.53. The topological polar surface area (TPSA) is 62.5 Å². The summed E-state index contributed by atoms with van der Waals surface area (Å²) in [5.74, 6) is 0. The van der Waals surface area contributed by atoms with Gasteiger partial charge in [0.05, 0.1) is 33.1 Å². The van der Waals surface area contributed by atoms with Gasteiger partial charge in [0, 0.05) is 76.5 Å². The van der Waals surface area contributed by atoms with Gasteiger partial charge in [-0.3, -0.25) is 17.9 Å². The van der Waals surface area contributed by atoms with Crippen LogP contribution in [0.15, 0.2) is 277 Å². The number of aromatic nitrogens is 7. The van der Waals surface area contributed by atoms with Gasteiger partial charge in [-0.05, 0) is 125 Å². The van der Waals surface area contributed by atoms with E-state index in [-0.39, 0.29) is 0 Å². The summed E-state index contributed by atoms with van der Waals surface area (Å²) in [6, 6.07) is 98.9. The number of pyridine rings is 2. The fourth-order valence-corrected chi connectivity index (χ4v) is 14.7. The van der Waals surface area contributed by atoms with E-state index in [0.29, 0.717) is 0 Å². The van der Waals surface area contributed by atoms with Crippen molar-refractivity contribution in [3.05, 3.63) is 273 Å². The van der Waals surface area contributed by atoms with Crippen molar-refractivity contribution in [1.29, 1.82) is 0 Å². The second-order valence-corrected chi connectivity index (χ2v) is 22.9. The van der Waals surface area contributed by atoms with Crippen molar-refractivity contribution < 1.29 is 4.42 Å². The van der Waals surface area contributed by atoms with Gasteiger partial charge in [0.1, 0.15) is 33.5 Å². The molecule has 0 N–H and O–H groups in total. The molecule has 20 rings (SSSR count). The fraction of sp³-hybridized carbons (Fsp3) is 0. The van der Waals surface area contributed by atoms with Crippen molar-refractivity contribution in [2.75, 3.05) is 0 Å². The van der Waals surface area contributed by atoms with E-state index in [4.69, 9.17) is 14.4 Å². The number of para-hydroxylation sites is 7. The Morgan fingerprint density at radius 1 is 0.256 bits per heavy atom. The van der Waals surface area contributed by atoms with Crippen LogP contribution in [0, 0.1) is 0 Å². The molecular weight excluding hydrogens is 1050 g/mol. The number of hydrogen-bond acceptors (Lipinski definition) is 3. The quantitative estimate of drug-likeness (QED) is 0.161. The Morgan fingerprint density at radius 3 is 1.45 bits per heavy atom. The van der Waals surface area contributed by atoms with Crippen LogP contribution >= 0.6 is 0 Å². The summed E-state index contributed by atoms with van der Waals surface area (Å²) in [5, 5.41) is 13.7. The van der Waals surface area contributed by atoms with Gasteiger partial charge in [-0.15, -0.1) is 0 Å². The molecule has 0 saturated heterocycles. The van der Waals surface area contributed by atoms with Gasteiger partial charge in [-0.25, -0.2) is 9.97 Å². The summed E-state index contributed by atoms with van der Waals surface area (Å²) in [6.45, 7) is 0. The Labute approximate surface area is 489 Å². The lowest BCUT2D eigenvalue weighted by Gasteiger charge is -2.14. The van der Waals surface area contributed by atoms with E-state index in [1.54, 1.807) is 0 Å². The minimum absolute atomic E-state index is 0.892. The summed E-state index contributed by atoms with van der Waals surface area (Å²) in [5.41, 5.74) is 22.0. The average Bonchev–Trinajstić information content (AvgIpc) is 1.68. The molecule has 0 unspecified atom stereocenters. The van der Waals surface area contributed by atoms with Crippen molar-refractivity contribution in [2.24, 2.45) is 0 Å². The van der Waals surface area contributed by atoms with E-state index < -0.39 is 0 Å². The van der Waals surface area contributed by atoms with E-state index in [9.17, 15) is 0 Å². The first kappa shape index (κ1) is 45.8. The summed E-state index contributed by atoms with van der Waals surface area (Å²) >= 11 is 0. The average molecular weight is 1100 g/mol. The van der Waals surface area contributed by atoms with Crippen LogP contribution in [0.4, 0.5) is 0 Å². The molecule has 20 aromatic rings. The maximum absolute atomic E-state index is 6.53. The molecule has 8 nitrogen and oxygen atoms in total. The number of hydrogen-bond donors (Lipinski definition) is 0. The minimum Gasteiger partial charge on any atom is -0.455 e. The second-order valence-electron chi connectivity index (χ2n) is 22.9. The second kappa shape index (κ2) is 16.9. The van der Waals surface area contributed by atoms with Crippen molar-refractivity contribution >= 4 is 143 Å². The zero-order chi connectivity index (χ0) is 55.9. The van der Waals surface area contributed by atoms with Crippen LogP contribution in [0.1, 0.15) is 0 Å². The molecule has 0 amide bonds. The van der Waals surface area contributed by atoms with Gasteiger partial charge in [0.15, 0.2) is 11.3 Å². The first-order chi connectivity index (χ1) is 42.7. The van der Waals surface area contributed by atoms with Crippen molar-refractivity contribution in [3.63, 3.8) is 0 Å². The Hall–Kier alpha value is -11.7. The number of imidazole rings is 2. The molecule has 0 fully saturated rings. The van der Waals surface area contributed by atoms with E-state index in [2.05, 4.69) is 283 Å². The zero-order valence-corrected chi connectivity index (χ0v) is 46.0. The third-order valence-electron chi connectivity index (χ3n) is 18.4. The Bertz CT molecular complexity index is 6330. The molecule has 12 aromatic carbocycles. The lowest BCUT2D eigenvalue weighted by molar-refractivity contribution is 0.670. The molecule has 398 valence electrons. The molecule has 86 heavy (non-hydrogen) atoms. The monoisotopic (exact) mass is 1100 g/mol. The molecule has 0 spiro atoms. The van der Waals surface area contributed by atoms with Gasteiger partial charge in [0.2, 0.25) is 0 Å². The molecule has 0 bridgehead atoms. The molecule has 0 aliphatic heterocycles. The van der Waals surface area contributed by atoms with E-state index in [1.807, 2.05) is 12.1 Å². The predicted octanol–water partition coefficient (Wildman–Crippen LogP) is 20.1. The van der Waals surface area contributed by atoms with Crippen LogP contribution in [-0.4, -0.2) is 32.5 Å². The highest BCUT2D eigenvalue weighted by atomic mass is 16.3. The zero-order valence-electron chi connectivity index (χ0n) is 46.0. The van der Waals surface area contributed by atoms with Crippen LogP contribution < -0.4 is 0 Å². The SMILES string of the molecule is c1ccc(-n2c3ccccc3c3cc(-n4c5ccccc5c5nc6c7ccc(-c8ccc9c(c8)c8nc%10c%11ccccc%11c%11ccccc%11n%10c8n9-c8ccc(-c9cccc%10c9oc9ccccc9%10)cc8)cc7c7ccccc7n6c54)ccc32)cc1. The number of benzene rings is 12. The largest absolute Gasteiger partial charge is 0.455 e. The third-order valence-corrected chi connectivity index (χ3v) is 18.4. The highest BCUT2D eigenvalue weighted by molar-refractivity contribution is 6.20. The molecule has 0 aliphatic carbocycles. The first-order valence-corrected chi connectivity index (χ1v) is 29.3. The van der Waals surface area contributed by atoms with Crippen molar-refractivity contribution in [1.82, 2.24) is 32.5 Å². The minimum atomic E-state index is 0.892. The number of furan rings is 1. The molecule has 8 heteroatoms. The Morgan fingerprint density at radius 2 is 0.721 bits per heavy atom. The maximum Gasteiger partial charge on any atom is 0.151 e. The van der Waals surface area contributed by atoms with Gasteiger partial charge in [-0.2, -0.15) is 0 Å². The number of fused-ring (bicyclic) bond motifs is 26. The summed E-state index contributed by atoms with van der Waals surface area (Å²) in [7, 11) is 0. The van der Waals surface area contributed by atoms with Crippen molar-refractivity contribution in [2.45, 2.75) is 0 Å². The molecule has 8 aromatic heterocycles. The lowest BCUT2D eigenvalue weighted by Crippen LogP contribution is -2.00. The Kier molecular flexibility index (Phi) is 9.03. The molecule has 0 saturated carbocycles. The lowest BCUT2D eigenvalue weighted by atomic mass is 9.98. The standard InChI is InChI=1S/C78H45N7O/c1-2-17-49(18-3-1)81-65-28-11-8-22-56(65)63-45-51(39-42-69(63)81)83-68-31-14-9-25-61(68)72-77(83)85-67-30-13-7-21-55(67)62-43-47(35-40-60(62)76(85)79-72)48-36-41-70-64(44-48)73-78(84-66-29-12-6-20-54(66)53-19-4-5-24-59(53)75(84)80-73)82(70)50-37-33-46(34-38-50)52-26-16-27-58-57-23-10-15-32-71(57)86-74(52)58/h1-45H. The number of rotatable bonds is 5. The van der Waals surface area contributed by atoms with Gasteiger partial charge < -0.3 is 8.98 Å². The van der Waals surface area contributed by atoms with Gasteiger partial charge in [0.25, 0.3) is 0 Å². The first-order valence-electron chi connectivity index (χ1n) is 29.3. The van der Waals surface area contributed by atoms with E-state index >= 15 is 0 Å². The van der Waals surface area contributed by atoms with Crippen LogP contribution in [0.25, 0.3) is 182 Å². The van der Waals surface area contributed by atoms with Crippen LogP contribution in [0.5, 0.6) is 0 Å². The molecule has 0 aliphatic rings. The molecular formula is C78H45N7O. The van der Waals surface area contributed by atoms with E-state index in [0.717, 1.165) is 149 Å². The Balaban J connectivity index is 0.789. The molecule has 0 atom stereocenters. The summed E-state index contributed by atoms with van der Waals surface area (Å²) in [6.07, 6.45) is 0. The molecule has 0 radical (unpaired) electrons. The van der Waals surface area contributed by atoms with Gasteiger partial charge >= 0.3 is 0 Å². The highest BCUT2D eigenvalue weighted by Crippen LogP contribution is 2.44. The summed E-state index contributed by atoms with van der Waals surface area (Å²) < 4.78 is 18.5. The summed E-state index contributed by atoms with van der Waals surface area (Å²) in [4.78, 5) is 11.3. The fourth-order valence-electron chi connectivity index (χ4n) is 14.7. The van der Waals surface area contributed by atoms with Crippen LogP contribution in [0.2, 0.25) is 0 Å². The van der Waals surface area contributed by atoms with Gasteiger partial charge in [-0.1, -0.05) is 176 Å². The van der Waals surface area contributed by atoms with E-state index in [1.165, 1.54) is 32.6 Å².